The van der Waals surface area contributed by atoms with Crippen molar-refractivity contribution in [1.29, 1.82) is 0 Å². The van der Waals surface area contributed by atoms with E-state index in [-0.39, 0.29) is 5.91 Å². The van der Waals surface area contributed by atoms with Gasteiger partial charge in [0.2, 0.25) is 0 Å². The van der Waals surface area contributed by atoms with Gasteiger partial charge in [0, 0.05) is 37.6 Å². The molecule has 1 aliphatic heterocycles. The molecule has 0 spiro atoms. The van der Waals surface area contributed by atoms with E-state index in [4.69, 9.17) is 0 Å². The number of likely N-dealkylation sites (tertiary alicyclic amines) is 1. The van der Waals surface area contributed by atoms with Crippen molar-refractivity contribution in [2.24, 2.45) is 5.92 Å². The highest BCUT2D eigenvalue weighted by Gasteiger charge is 2.23. The van der Waals surface area contributed by atoms with Crippen LogP contribution in [0.2, 0.25) is 0 Å². The molecule has 0 radical (unpaired) electrons. The Morgan fingerprint density at radius 3 is 2.73 bits per heavy atom. The number of pyridine rings is 1. The third-order valence-corrected chi connectivity index (χ3v) is 5.06. The lowest BCUT2D eigenvalue weighted by Crippen LogP contribution is -2.39. The fourth-order valence-corrected chi connectivity index (χ4v) is 3.60. The topological polar surface area (TPSA) is 36.4 Å². The molecule has 3 rings (SSSR count). The number of piperidine rings is 1. The van der Waals surface area contributed by atoms with E-state index in [2.05, 4.69) is 54.9 Å². The fraction of sp³-hybridized carbons (Fsp3) is 0.455. The van der Waals surface area contributed by atoms with E-state index in [1.165, 1.54) is 12.0 Å². The normalized spacial score (nSPS) is 17.4. The largest absolute Gasteiger partial charge is 0.365 e. The maximum absolute atomic E-state index is 12.9. The van der Waals surface area contributed by atoms with Crippen LogP contribution in [0.15, 0.2) is 48.7 Å². The predicted molar refractivity (Wildman–Crippen MR) is 106 cm³/mol. The van der Waals surface area contributed by atoms with Crippen LogP contribution in [0.5, 0.6) is 0 Å². The standard InChI is InChI=1S/C22H29N3O/c1-17(2)25(16-19-9-5-4-6-10-19)20-11-12-23-21(14-20)22(26)24-13-7-8-18(3)15-24/h4-6,9-12,14,17-18H,7-8,13,15-16H2,1-3H3. The van der Waals surface area contributed by atoms with Crippen molar-refractivity contribution in [2.45, 2.75) is 46.2 Å². The number of nitrogens with zero attached hydrogens (tertiary/aromatic N) is 3. The van der Waals surface area contributed by atoms with Crippen LogP contribution in [0, 0.1) is 5.92 Å². The second-order valence-electron chi connectivity index (χ2n) is 7.61. The summed E-state index contributed by atoms with van der Waals surface area (Å²) in [5.41, 5.74) is 2.86. The molecule has 2 aromatic rings. The minimum atomic E-state index is 0.0572. The van der Waals surface area contributed by atoms with Gasteiger partial charge in [-0.3, -0.25) is 9.78 Å². The molecule has 4 nitrogen and oxygen atoms in total. The van der Waals surface area contributed by atoms with Crippen molar-refractivity contribution >= 4 is 11.6 Å². The van der Waals surface area contributed by atoms with Gasteiger partial charge in [0.1, 0.15) is 5.69 Å². The first-order valence-corrected chi connectivity index (χ1v) is 9.60. The maximum Gasteiger partial charge on any atom is 0.272 e. The van der Waals surface area contributed by atoms with Gasteiger partial charge in [-0.25, -0.2) is 0 Å². The molecule has 1 aromatic carbocycles. The Balaban J connectivity index is 1.81. The van der Waals surface area contributed by atoms with Crippen LogP contribution in [0.3, 0.4) is 0 Å². The smallest absolute Gasteiger partial charge is 0.272 e. The summed E-state index contributed by atoms with van der Waals surface area (Å²) in [4.78, 5) is 21.5. The fourth-order valence-electron chi connectivity index (χ4n) is 3.60. The SMILES string of the molecule is CC1CCCN(C(=O)c2cc(N(Cc3ccccc3)C(C)C)ccn2)C1. The van der Waals surface area contributed by atoms with Crippen LogP contribution >= 0.6 is 0 Å². The third-order valence-electron chi connectivity index (χ3n) is 5.06. The van der Waals surface area contributed by atoms with Crippen molar-refractivity contribution in [2.75, 3.05) is 18.0 Å². The summed E-state index contributed by atoms with van der Waals surface area (Å²) < 4.78 is 0. The Hall–Kier alpha value is -2.36. The molecule has 0 aliphatic carbocycles. The number of carbonyl (C=O) groups is 1. The molecule has 1 unspecified atom stereocenters. The van der Waals surface area contributed by atoms with Gasteiger partial charge in [0.15, 0.2) is 0 Å². The summed E-state index contributed by atoms with van der Waals surface area (Å²) >= 11 is 0. The number of anilines is 1. The number of hydrogen-bond acceptors (Lipinski definition) is 3. The van der Waals surface area contributed by atoms with Gasteiger partial charge in [-0.15, -0.1) is 0 Å². The molecule has 0 bridgehead atoms. The summed E-state index contributed by atoms with van der Waals surface area (Å²) in [6.07, 6.45) is 4.05. The lowest BCUT2D eigenvalue weighted by molar-refractivity contribution is 0.0677. The monoisotopic (exact) mass is 351 g/mol. The van der Waals surface area contributed by atoms with E-state index in [0.717, 1.165) is 31.7 Å². The Morgan fingerprint density at radius 1 is 1.27 bits per heavy atom. The van der Waals surface area contributed by atoms with Crippen LogP contribution < -0.4 is 4.90 Å². The molecular formula is C22H29N3O. The molecule has 2 heterocycles. The van der Waals surface area contributed by atoms with Crippen molar-refractivity contribution in [3.05, 3.63) is 59.9 Å². The van der Waals surface area contributed by atoms with Gasteiger partial charge in [-0.2, -0.15) is 0 Å². The van der Waals surface area contributed by atoms with Gasteiger partial charge in [-0.1, -0.05) is 37.3 Å². The molecule has 1 aromatic heterocycles. The van der Waals surface area contributed by atoms with E-state index < -0.39 is 0 Å². The van der Waals surface area contributed by atoms with Crippen molar-refractivity contribution in [3.63, 3.8) is 0 Å². The molecule has 1 amide bonds. The van der Waals surface area contributed by atoms with Crippen molar-refractivity contribution in [3.8, 4) is 0 Å². The highest BCUT2D eigenvalue weighted by molar-refractivity contribution is 5.93. The van der Waals surface area contributed by atoms with Crippen molar-refractivity contribution < 1.29 is 4.79 Å². The lowest BCUT2D eigenvalue weighted by atomic mass is 10.00. The number of aromatic nitrogens is 1. The van der Waals surface area contributed by atoms with Crippen LogP contribution in [-0.4, -0.2) is 34.9 Å². The summed E-state index contributed by atoms with van der Waals surface area (Å²) in [6.45, 7) is 9.06. The number of benzene rings is 1. The molecule has 0 saturated carbocycles. The summed E-state index contributed by atoms with van der Waals surface area (Å²) in [5.74, 6) is 0.628. The minimum Gasteiger partial charge on any atom is -0.365 e. The summed E-state index contributed by atoms with van der Waals surface area (Å²) in [6, 6.07) is 14.7. The number of hydrogen-bond donors (Lipinski definition) is 0. The highest BCUT2D eigenvalue weighted by atomic mass is 16.2. The van der Waals surface area contributed by atoms with E-state index in [9.17, 15) is 4.79 Å². The van der Waals surface area contributed by atoms with Crippen LogP contribution in [0.4, 0.5) is 5.69 Å². The Labute approximate surface area is 156 Å². The van der Waals surface area contributed by atoms with Gasteiger partial charge < -0.3 is 9.80 Å². The Morgan fingerprint density at radius 2 is 2.04 bits per heavy atom. The van der Waals surface area contributed by atoms with E-state index >= 15 is 0 Å². The van der Waals surface area contributed by atoms with Gasteiger partial charge in [0.05, 0.1) is 0 Å². The third kappa shape index (κ3) is 4.43. The first-order valence-electron chi connectivity index (χ1n) is 9.60. The molecule has 1 aliphatic rings. The van der Waals surface area contributed by atoms with Gasteiger partial charge in [-0.05, 0) is 50.3 Å². The molecule has 4 heteroatoms. The Bertz CT molecular complexity index is 729. The average molecular weight is 351 g/mol. The molecular weight excluding hydrogens is 322 g/mol. The molecule has 138 valence electrons. The summed E-state index contributed by atoms with van der Waals surface area (Å²) in [5, 5.41) is 0. The van der Waals surface area contributed by atoms with Crippen LogP contribution in [-0.2, 0) is 6.54 Å². The van der Waals surface area contributed by atoms with Crippen molar-refractivity contribution in [1.82, 2.24) is 9.88 Å². The number of rotatable bonds is 5. The van der Waals surface area contributed by atoms with E-state index in [0.29, 0.717) is 17.7 Å². The summed E-state index contributed by atoms with van der Waals surface area (Å²) in [7, 11) is 0. The molecule has 1 saturated heterocycles. The van der Waals surface area contributed by atoms with E-state index in [1.54, 1.807) is 6.20 Å². The second kappa shape index (κ2) is 8.35. The molecule has 0 N–H and O–H groups in total. The predicted octanol–water partition coefficient (Wildman–Crippen LogP) is 4.37. The zero-order valence-electron chi connectivity index (χ0n) is 16.1. The Kier molecular flexibility index (Phi) is 5.92. The van der Waals surface area contributed by atoms with Gasteiger partial charge in [0.25, 0.3) is 5.91 Å². The second-order valence-corrected chi connectivity index (χ2v) is 7.61. The average Bonchev–Trinajstić information content (AvgIpc) is 2.66. The quantitative estimate of drug-likeness (QED) is 0.803. The zero-order chi connectivity index (χ0) is 18.5. The first kappa shape index (κ1) is 18.4. The minimum absolute atomic E-state index is 0.0572. The van der Waals surface area contributed by atoms with E-state index in [1.807, 2.05) is 23.1 Å². The zero-order valence-corrected chi connectivity index (χ0v) is 16.1. The maximum atomic E-state index is 12.9. The first-order chi connectivity index (χ1) is 12.5. The number of carbonyl (C=O) groups excluding carboxylic acids is 1. The highest BCUT2D eigenvalue weighted by Crippen LogP contribution is 2.23. The molecule has 1 fully saturated rings. The van der Waals surface area contributed by atoms with Gasteiger partial charge >= 0.3 is 0 Å². The lowest BCUT2D eigenvalue weighted by Gasteiger charge is -2.32. The van der Waals surface area contributed by atoms with Crippen LogP contribution in [0.25, 0.3) is 0 Å². The van der Waals surface area contributed by atoms with Crippen LogP contribution in [0.1, 0.15) is 49.7 Å². The number of amides is 1. The molecule has 1 atom stereocenters. The molecule has 26 heavy (non-hydrogen) atoms.